The molecule has 5 heteroatoms. The minimum Gasteiger partial charge on any atom is -0.486 e. The van der Waals surface area contributed by atoms with Crippen LogP contribution in [0.3, 0.4) is 0 Å². The first-order valence-corrected chi connectivity index (χ1v) is 6.83. The normalized spacial score (nSPS) is 13.3. The molecule has 1 aliphatic rings. The van der Waals surface area contributed by atoms with Gasteiger partial charge in [0.05, 0.1) is 11.9 Å². The Morgan fingerprint density at radius 2 is 1.95 bits per heavy atom. The molecule has 1 aromatic carbocycles. The maximum absolute atomic E-state index is 5.70. The van der Waals surface area contributed by atoms with Gasteiger partial charge in [0.25, 0.3) is 0 Å². The molecule has 0 saturated carbocycles. The summed E-state index contributed by atoms with van der Waals surface area (Å²) >= 11 is 1.59. The van der Waals surface area contributed by atoms with Gasteiger partial charge >= 0.3 is 0 Å². The number of aryl methyl sites for hydroxylation is 1. The van der Waals surface area contributed by atoms with E-state index in [-0.39, 0.29) is 0 Å². The van der Waals surface area contributed by atoms with E-state index in [0.717, 1.165) is 27.0 Å². The SMILES string of the molecule is Cc1cc(N)cnc1Sc1ccc2c(c1)OCCO2. The predicted molar refractivity (Wildman–Crippen MR) is 74.9 cm³/mol. The summed E-state index contributed by atoms with van der Waals surface area (Å²) in [6, 6.07) is 7.85. The van der Waals surface area contributed by atoms with Crippen LogP contribution in [0, 0.1) is 6.92 Å². The van der Waals surface area contributed by atoms with Crippen LogP contribution < -0.4 is 15.2 Å². The van der Waals surface area contributed by atoms with Gasteiger partial charge in [0, 0.05) is 4.90 Å². The van der Waals surface area contributed by atoms with Crippen molar-refractivity contribution in [1.82, 2.24) is 4.98 Å². The standard InChI is InChI=1S/C14H14N2O2S/c1-9-6-10(15)8-16-14(9)19-11-2-3-12-13(7-11)18-5-4-17-12/h2-3,6-8H,4-5,15H2,1H3. The Kier molecular flexibility index (Phi) is 3.21. The zero-order valence-corrected chi connectivity index (χ0v) is 11.4. The molecule has 3 rings (SSSR count). The number of nitrogens with zero attached hydrogens (tertiary/aromatic N) is 1. The first-order valence-electron chi connectivity index (χ1n) is 6.02. The summed E-state index contributed by atoms with van der Waals surface area (Å²) in [4.78, 5) is 5.42. The Morgan fingerprint density at radius 1 is 1.16 bits per heavy atom. The maximum atomic E-state index is 5.70. The van der Waals surface area contributed by atoms with Crippen LogP contribution in [0.2, 0.25) is 0 Å². The number of anilines is 1. The average Bonchev–Trinajstić information content (AvgIpc) is 2.42. The second-order valence-corrected chi connectivity index (χ2v) is 5.36. The molecule has 0 fully saturated rings. The molecule has 0 atom stereocenters. The third kappa shape index (κ3) is 2.61. The van der Waals surface area contributed by atoms with Crippen LogP contribution in [0.5, 0.6) is 11.5 Å². The summed E-state index contributed by atoms with van der Waals surface area (Å²) < 4.78 is 11.1. The van der Waals surface area contributed by atoms with E-state index >= 15 is 0 Å². The number of hydrogen-bond acceptors (Lipinski definition) is 5. The van der Waals surface area contributed by atoms with Crippen molar-refractivity contribution in [3.63, 3.8) is 0 Å². The number of nitrogens with two attached hydrogens (primary N) is 1. The van der Waals surface area contributed by atoms with Crippen LogP contribution in [0.15, 0.2) is 40.4 Å². The molecule has 0 unspecified atom stereocenters. The van der Waals surface area contributed by atoms with Crippen molar-refractivity contribution >= 4 is 17.4 Å². The number of pyridine rings is 1. The molecule has 0 saturated heterocycles. The molecule has 19 heavy (non-hydrogen) atoms. The highest BCUT2D eigenvalue weighted by Crippen LogP contribution is 2.37. The Balaban J connectivity index is 1.87. The Bertz CT molecular complexity index is 616. The first kappa shape index (κ1) is 12.2. The quantitative estimate of drug-likeness (QED) is 0.912. The molecular weight excluding hydrogens is 260 g/mol. The van der Waals surface area contributed by atoms with Gasteiger partial charge in [0.15, 0.2) is 11.5 Å². The Hall–Kier alpha value is -1.88. The fourth-order valence-electron chi connectivity index (χ4n) is 1.89. The smallest absolute Gasteiger partial charge is 0.162 e. The van der Waals surface area contributed by atoms with E-state index in [1.807, 2.05) is 31.2 Å². The fraction of sp³-hybridized carbons (Fsp3) is 0.214. The van der Waals surface area contributed by atoms with Crippen LogP contribution in [0.1, 0.15) is 5.56 Å². The van der Waals surface area contributed by atoms with E-state index < -0.39 is 0 Å². The number of fused-ring (bicyclic) bond motifs is 1. The van der Waals surface area contributed by atoms with Gasteiger partial charge in [0.1, 0.15) is 18.2 Å². The van der Waals surface area contributed by atoms with Gasteiger partial charge in [-0.2, -0.15) is 0 Å². The lowest BCUT2D eigenvalue weighted by Gasteiger charge is -2.18. The van der Waals surface area contributed by atoms with E-state index in [1.165, 1.54) is 0 Å². The minimum atomic E-state index is 0.597. The van der Waals surface area contributed by atoms with Crippen LogP contribution in [-0.4, -0.2) is 18.2 Å². The summed E-state index contributed by atoms with van der Waals surface area (Å²) in [5.74, 6) is 1.60. The van der Waals surface area contributed by atoms with Crippen molar-refractivity contribution in [2.75, 3.05) is 18.9 Å². The molecule has 1 aromatic heterocycles. The molecule has 0 spiro atoms. The summed E-state index contributed by atoms with van der Waals surface area (Å²) in [6.45, 7) is 3.21. The Labute approximate surface area is 115 Å². The largest absolute Gasteiger partial charge is 0.486 e. The highest BCUT2D eigenvalue weighted by Gasteiger charge is 2.13. The summed E-state index contributed by atoms with van der Waals surface area (Å²) in [7, 11) is 0. The Morgan fingerprint density at radius 3 is 2.74 bits per heavy atom. The van der Waals surface area contributed by atoms with E-state index in [1.54, 1.807) is 18.0 Å². The molecular formula is C14H14N2O2S. The topological polar surface area (TPSA) is 57.4 Å². The van der Waals surface area contributed by atoms with Crippen molar-refractivity contribution in [2.45, 2.75) is 16.8 Å². The average molecular weight is 274 g/mol. The van der Waals surface area contributed by atoms with Gasteiger partial charge in [-0.1, -0.05) is 11.8 Å². The minimum absolute atomic E-state index is 0.597. The van der Waals surface area contributed by atoms with E-state index in [9.17, 15) is 0 Å². The molecule has 1 aliphatic heterocycles. The van der Waals surface area contributed by atoms with Crippen molar-refractivity contribution in [2.24, 2.45) is 0 Å². The molecule has 2 heterocycles. The molecule has 0 bridgehead atoms. The monoisotopic (exact) mass is 274 g/mol. The predicted octanol–water partition coefficient (Wildman–Crippen LogP) is 2.89. The number of ether oxygens (including phenoxy) is 2. The molecule has 0 radical (unpaired) electrons. The maximum Gasteiger partial charge on any atom is 0.162 e. The number of rotatable bonds is 2. The molecule has 0 aliphatic carbocycles. The first-order chi connectivity index (χ1) is 9.22. The zero-order valence-electron chi connectivity index (χ0n) is 10.6. The number of benzene rings is 1. The van der Waals surface area contributed by atoms with E-state index in [0.29, 0.717) is 18.9 Å². The lowest BCUT2D eigenvalue weighted by Crippen LogP contribution is -2.15. The molecule has 4 nitrogen and oxygen atoms in total. The molecule has 0 amide bonds. The second kappa shape index (κ2) is 5.01. The van der Waals surface area contributed by atoms with Gasteiger partial charge in [0.2, 0.25) is 0 Å². The number of nitrogen functional groups attached to an aromatic ring is 1. The van der Waals surface area contributed by atoms with Crippen LogP contribution >= 0.6 is 11.8 Å². The number of hydrogen-bond donors (Lipinski definition) is 1. The van der Waals surface area contributed by atoms with Crippen LogP contribution in [0.25, 0.3) is 0 Å². The van der Waals surface area contributed by atoms with Crippen molar-refractivity contribution in [3.05, 3.63) is 36.0 Å². The zero-order chi connectivity index (χ0) is 13.2. The van der Waals surface area contributed by atoms with Crippen LogP contribution in [-0.2, 0) is 0 Å². The van der Waals surface area contributed by atoms with Crippen molar-refractivity contribution in [3.8, 4) is 11.5 Å². The van der Waals surface area contributed by atoms with Crippen LogP contribution in [0.4, 0.5) is 5.69 Å². The second-order valence-electron chi connectivity index (χ2n) is 4.30. The van der Waals surface area contributed by atoms with Gasteiger partial charge in [-0.15, -0.1) is 0 Å². The molecule has 98 valence electrons. The summed E-state index contributed by atoms with van der Waals surface area (Å²) in [6.07, 6.45) is 1.67. The van der Waals surface area contributed by atoms with Gasteiger partial charge in [-0.25, -0.2) is 4.98 Å². The van der Waals surface area contributed by atoms with Gasteiger partial charge < -0.3 is 15.2 Å². The highest BCUT2D eigenvalue weighted by atomic mass is 32.2. The molecule has 2 aromatic rings. The lowest BCUT2D eigenvalue weighted by molar-refractivity contribution is 0.171. The van der Waals surface area contributed by atoms with Crippen molar-refractivity contribution < 1.29 is 9.47 Å². The van der Waals surface area contributed by atoms with Crippen molar-refractivity contribution in [1.29, 1.82) is 0 Å². The van der Waals surface area contributed by atoms with E-state index in [4.69, 9.17) is 15.2 Å². The summed E-state index contributed by atoms with van der Waals surface area (Å²) in [5.41, 5.74) is 7.46. The lowest BCUT2D eigenvalue weighted by atomic mass is 10.3. The molecule has 2 N–H and O–H groups in total. The third-order valence-electron chi connectivity index (χ3n) is 2.78. The fourth-order valence-corrected chi connectivity index (χ4v) is 2.74. The highest BCUT2D eigenvalue weighted by molar-refractivity contribution is 7.99. The van der Waals surface area contributed by atoms with Gasteiger partial charge in [-0.3, -0.25) is 0 Å². The third-order valence-corrected chi connectivity index (χ3v) is 3.89. The number of aromatic nitrogens is 1. The summed E-state index contributed by atoms with van der Waals surface area (Å²) in [5, 5.41) is 0.950. The van der Waals surface area contributed by atoms with Gasteiger partial charge in [-0.05, 0) is 36.8 Å². The van der Waals surface area contributed by atoms with E-state index in [2.05, 4.69) is 4.98 Å².